The van der Waals surface area contributed by atoms with Gasteiger partial charge in [0.15, 0.2) is 0 Å². The van der Waals surface area contributed by atoms with E-state index in [1.807, 2.05) is 6.07 Å². The van der Waals surface area contributed by atoms with Crippen LogP contribution in [0.2, 0.25) is 0 Å². The number of hydrogen-bond donors (Lipinski definition) is 1. The smallest absolute Gasteiger partial charge is 0.824 e. The molecular weight excluding hydrogens is 400 g/mol. The van der Waals surface area contributed by atoms with E-state index in [0.29, 0.717) is 22.1 Å². The first-order valence-corrected chi connectivity index (χ1v) is 5.17. The summed E-state index contributed by atoms with van der Waals surface area (Å²) in [4.78, 5) is 11.7. The van der Waals surface area contributed by atoms with Gasteiger partial charge in [-0.2, -0.15) is 0 Å². The van der Waals surface area contributed by atoms with Crippen molar-refractivity contribution in [3.05, 3.63) is 51.7 Å². The predicted octanol–water partition coefficient (Wildman–Crippen LogP) is 2.69. The number of aromatic hydroxyl groups is 1. The topological polar surface area (TPSA) is 73.7 Å². The second-order valence-corrected chi connectivity index (χ2v) is 4.04. The molecule has 0 saturated heterocycles. The molecule has 1 aliphatic heterocycles. The summed E-state index contributed by atoms with van der Waals surface area (Å²) in [5.74, 6) is -0.708. The van der Waals surface area contributed by atoms with Gasteiger partial charge in [0.2, 0.25) is 0 Å². The van der Waals surface area contributed by atoms with Crippen molar-refractivity contribution in [2.75, 3.05) is 0 Å². The van der Waals surface area contributed by atoms with Crippen LogP contribution < -0.4 is 0 Å². The summed E-state index contributed by atoms with van der Waals surface area (Å²) >= 11 is 0. The van der Waals surface area contributed by atoms with E-state index in [0.717, 1.165) is 5.39 Å². The third kappa shape index (κ3) is 1.57. The molecule has 3 rings (SSSR count). The van der Waals surface area contributed by atoms with Gasteiger partial charge in [-0.1, -0.05) is 23.8 Å². The molecule has 4 nitrogen and oxygen atoms in total. The Morgan fingerprint density at radius 2 is 2.00 bits per heavy atom. The number of nitrogens with zero attached hydrogens (tertiary/aromatic N) is 2. The first-order chi connectivity index (χ1) is 8.09. The first kappa shape index (κ1) is 12.8. The molecule has 2 aromatic rings. The zero-order valence-corrected chi connectivity index (χ0v) is 12.4. The van der Waals surface area contributed by atoms with E-state index in [9.17, 15) is 15.3 Å². The predicted molar refractivity (Wildman–Crippen MR) is 65.5 cm³/mol. The summed E-state index contributed by atoms with van der Waals surface area (Å²) in [5.41, 5.74) is 1.55. The molecule has 1 N–H and O–H groups in total. The van der Waals surface area contributed by atoms with Gasteiger partial charge in [0.1, 0.15) is 5.75 Å². The molecule has 2 aromatic carbocycles. The zero-order chi connectivity index (χ0) is 12.2. The quantitative estimate of drug-likeness (QED) is 0.728. The number of carbonyl (C=O) groups excluding carboxylic acids is 1. The van der Waals surface area contributed by atoms with Crippen molar-refractivity contribution in [2.24, 2.45) is 0 Å². The van der Waals surface area contributed by atoms with Crippen LogP contribution in [0, 0.1) is 6.92 Å². The number of amides is 1. The molecule has 1 heterocycles. The fraction of sp³-hybridized carbons (Fsp3) is 0.0769. The van der Waals surface area contributed by atoms with Crippen LogP contribution in [-0.2, 0) is 21.1 Å². The van der Waals surface area contributed by atoms with Gasteiger partial charge in [-0.3, -0.25) is 5.84 Å². The number of rotatable bonds is 0. The van der Waals surface area contributed by atoms with Gasteiger partial charge in [-0.15, -0.1) is 0 Å². The molecule has 1 aliphatic rings. The Hall–Kier alpha value is -1.67. The molecule has 0 unspecified atom stereocenters. The molecule has 0 aliphatic carbocycles. The van der Waals surface area contributed by atoms with Gasteiger partial charge in [0.05, 0.1) is 5.91 Å². The Morgan fingerprint density at radius 3 is 2.72 bits per heavy atom. The van der Waals surface area contributed by atoms with Crippen molar-refractivity contribution >= 4 is 22.5 Å². The average Bonchev–Trinajstić information content (AvgIpc) is 2.31. The molecule has 0 saturated carbocycles. The maximum atomic E-state index is 11.7. The number of carbonyl (C=O) groups is 1. The second-order valence-electron chi connectivity index (χ2n) is 4.04. The minimum absolute atomic E-state index is 0. The fourth-order valence-electron chi connectivity index (χ4n) is 2.18. The standard InChI is InChI=1S/C13H9N2O2.W/c1-6-7-3-2-4-8-11(7)9(5-10(6)16)12(14)15-13(8)17;/h2-5H,1H3,(H2-,14,15,16,17);/q-1;+2/p-1. The number of phenolic OH excluding ortho intramolecular Hbond substituents is 1. The summed E-state index contributed by atoms with van der Waals surface area (Å²) in [6, 6.07) is 6.65. The normalized spacial score (nSPS) is 13.2. The molecule has 5 heteroatoms. The summed E-state index contributed by atoms with van der Waals surface area (Å²) < 4.78 is 0. The van der Waals surface area contributed by atoms with E-state index in [2.05, 4.69) is 5.32 Å². The number of benzene rings is 2. The maximum Gasteiger partial charge on any atom is 2.00 e. The van der Waals surface area contributed by atoms with E-state index >= 15 is 0 Å². The second kappa shape index (κ2) is 4.21. The summed E-state index contributed by atoms with van der Waals surface area (Å²) in [6.45, 7) is 1.77. The number of hydrogen-bond acceptors (Lipinski definition) is 2. The van der Waals surface area contributed by atoms with E-state index in [4.69, 9.17) is 0 Å². The van der Waals surface area contributed by atoms with Crippen LogP contribution in [0.1, 0.15) is 21.5 Å². The van der Waals surface area contributed by atoms with Crippen LogP contribution in [0.25, 0.3) is 21.5 Å². The fourth-order valence-corrected chi connectivity index (χ4v) is 2.18. The molecule has 1 amide bonds. The molecule has 0 bridgehead atoms. The van der Waals surface area contributed by atoms with Crippen LogP contribution in [0.4, 0.5) is 0 Å². The molecule has 0 spiro atoms. The third-order valence-corrected chi connectivity index (χ3v) is 3.08. The largest absolute Gasteiger partial charge is 2.00 e. The Morgan fingerprint density at radius 1 is 1.28 bits per heavy atom. The maximum absolute atomic E-state index is 11.7. The van der Waals surface area contributed by atoms with Gasteiger partial charge in [0.25, 0.3) is 0 Å². The van der Waals surface area contributed by atoms with Crippen LogP contribution in [0.3, 0.4) is 0 Å². The van der Waals surface area contributed by atoms with Gasteiger partial charge in [-0.05, 0) is 29.3 Å². The third-order valence-electron chi connectivity index (χ3n) is 3.08. The molecule has 88 valence electrons. The Kier molecular flexibility index (Phi) is 2.99. The zero-order valence-electron chi connectivity index (χ0n) is 9.47. The van der Waals surface area contributed by atoms with Crippen LogP contribution >= 0.6 is 0 Å². The molecule has 0 atom stereocenters. The Bertz CT molecular complexity index is 695. The van der Waals surface area contributed by atoms with Gasteiger partial charge in [0, 0.05) is 5.56 Å². The van der Waals surface area contributed by atoms with Crippen LogP contribution in [-0.4, -0.2) is 16.8 Å². The first-order valence-electron chi connectivity index (χ1n) is 5.17. The minimum Gasteiger partial charge on any atom is -0.824 e. The van der Waals surface area contributed by atoms with Crippen molar-refractivity contribution in [3.8, 4) is 5.75 Å². The molecule has 0 radical (unpaired) electrons. The Balaban J connectivity index is 0.00000120. The monoisotopic (exact) mass is 408 g/mol. The van der Waals surface area contributed by atoms with Crippen molar-refractivity contribution < 1.29 is 31.0 Å². The van der Waals surface area contributed by atoms with Crippen molar-refractivity contribution in [2.45, 2.75) is 6.92 Å². The number of phenols is 1. The molecular formula is C13H8N2O2W. The van der Waals surface area contributed by atoms with Crippen LogP contribution in [0.5, 0.6) is 5.75 Å². The van der Waals surface area contributed by atoms with Crippen molar-refractivity contribution in [1.82, 2.24) is 0 Å². The van der Waals surface area contributed by atoms with E-state index in [1.165, 1.54) is 6.07 Å². The van der Waals surface area contributed by atoms with Gasteiger partial charge < -0.3 is 20.6 Å². The van der Waals surface area contributed by atoms with Gasteiger partial charge in [-0.25, -0.2) is 0 Å². The SMILES string of the molecule is Cc1c(O)cc2c3c(cccc13)C(=O)[N-]C2=[N-].[W+2]. The Labute approximate surface area is 118 Å². The summed E-state index contributed by atoms with van der Waals surface area (Å²) in [5, 5.41) is 24.4. The summed E-state index contributed by atoms with van der Waals surface area (Å²) in [6.07, 6.45) is 0. The number of aryl methyl sites for hydroxylation is 1. The van der Waals surface area contributed by atoms with Crippen LogP contribution in [0.15, 0.2) is 24.3 Å². The molecule has 0 fully saturated rings. The van der Waals surface area contributed by atoms with E-state index in [1.54, 1.807) is 19.1 Å². The minimum atomic E-state index is -0.453. The van der Waals surface area contributed by atoms with E-state index < -0.39 is 5.91 Å². The van der Waals surface area contributed by atoms with Gasteiger partial charge >= 0.3 is 21.1 Å². The van der Waals surface area contributed by atoms with E-state index in [-0.39, 0.29) is 32.7 Å². The average molecular weight is 408 g/mol. The number of amidine groups is 1. The molecule has 18 heavy (non-hydrogen) atoms. The van der Waals surface area contributed by atoms with Crippen molar-refractivity contribution in [1.29, 1.82) is 0 Å². The summed E-state index contributed by atoms with van der Waals surface area (Å²) in [7, 11) is 0. The van der Waals surface area contributed by atoms with Crippen molar-refractivity contribution in [3.63, 3.8) is 0 Å². The molecule has 0 aromatic heterocycles.